The second kappa shape index (κ2) is 7.75. The van der Waals surface area contributed by atoms with Crippen LogP contribution in [0.5, 0.6) is 11.5 Å². The first-order valence-corrected chi connectivity index (χ1v) is 10.2. The summed E-state index contributed by atoms with van der Waals surface area (Å²) in [6, 6.07) is 10.6. The van der Waals surface area contributed by atoms with E-state index in [-0.39, 0.29) is 0 Å². The van der Waals surface area contributed by atoms with E-state index in [1.165, 1.54) is 4.88 Å². The minimum absolute atomic E-state index is 0.295. The van der Waals surface area contributed by atoms with Crippen LogP contribution in [0.25, 0.3) is 10.6 Å². The predicted molar refractivity (Wildman–Crippen MR) is 106 cm³/mol. The molecule has 1 aliphatic rings. The third-order valence-corrected chi connectivity index (χ3v) is 6.22. The van der Waals surface area contributed by atoms with Gasteiger partial charge in [-0.1, -0.05) is 6.07 Å². The fourth-order valence-corrected chi connectivity index (χ4v) is 4.65. The van der Waals surface area contributed by atoms with Crippen molar-refractivity contribution in [1.82, 2.24) is 15.2 Å². The van der Waals surface area contributed by atoms with Gasteiger partial charge in [0.05, 0.1) is 11.7 Å². The first-order chi connectivity index (χ1) is 12.7. The molecule has 26 heavy (non-hydrogen) atoms. The maximum Gasteiger partial charge on any atom is 0.231 e. The molecule has 136 valence electrons. The molecule has 5 nitrogen and oxygen atoms in total. The number of benzene rings is 1. The maximum absolute atomic E-state index is 5.46. The van der Waals surface area contributed by atoms with Crippen molar-refractivity contribution in [2.45, 2.75) is 12.6 Å². The number of thiazole rings is 1. The summed E-state index contributed by atoms with van der Waals surface area (Å²) >= 11 is 3.45. The summed E-state index contributed by atoms with van der Waals surface area (Å²) < 4.78 is 10.8. The van der Waals surface area contributed by atoms with Crippen LogP contribution in [-0.4, -0.2) is 37.3 Å². The summed E-state index contributed by atoms with van der Waals surface area (Å²) in [7, 11) is 4.24. The molecular weight excluding hydrogens is 366 g/mol. The van der Waals surface area contributed by atoms with E-state index >= 15 is 0 Å². The zero-order valence-electron chi connectivity index (χ0n) is 14.8. The number of fused-ring (bicyclic) bond motifs is 1. The highest BCUT2D eigenvalue weighted by Crippen LogP contribution is 2.36. The average molecular weight is 388 g/mol. The number of hydrogen-bond donors (Lipinski definition) is 1. The zero-order valence-corrected chi connectivity index (χ0v) is 16.4. The topological polar surface area (TPSA) is 46.6 Å². The molecule has 1 N–H and O–H groups in total. The van der Waals surface area contributed by atoms with Gasteiger partial charge in [0, 0.05) is 28.9 Å². The van der Waals surface area contributed by atoms with Crippen LogP contribution in [0.4, 0.5) is 0 Å². The number of likely N-dealkylation sites (N-methyl/N-ethyl adjacent to an activating group) is 1. The van der Waals surface area contributed by atoms with Gasteiger partial charge in [-0.3, -0.25) is 0 Å². The summed E-state index contributed by atoms with van der Waals surface area (Å²) in [4.78, 5) is 8.38. The predicted octanol–water partition coefficient (Wildman–Crippen LogP) is 3.99. The summed E-state index contributed by atoms with van der Waals surface area (Å²) in [5, 5.41) is 8.79. The van der Waals surface area contributed by atoms with Crippen LogP contribution in [0.15, 0.2) is 41.1 Å². The smallest absolute Gasteiger partial charge is 0.231 e. The lowest BCUT2D eigenvalue weighted by atomic mass is 10.2. The van der Waals surface area contributed by atoms with Crippen LogP contribution in [0.2, 0.25) is 0 Å². The lowest BCUT2D eigenvalue weighted by Crippen LogP contribution is -2.30. The number of thiophene rings is 1. The third-order valence-electron chi connectivity index (χ3n) is 4.31. The number of nitrogens with zero attached hydrogens (tertiary/aromatic N) is 2. The van der Waals surface area contributed by atoms with E-state index in [1.807, 2.05) is 18.2 Å². The number of rotatable bonds is 7. The van der Waals surface area contributed by atoms with Crippen LogP contribution in [0.1, 0.15) is 16.6 Å². The molecule has 2 aromatic heterocycles. The zero-order chi connectivity index (χ0) is 17.9. The van der Waals surface area contributed by atoms with E-state index in [0.717, 1.165) is 40.9 Å². The van der Waals surface area contributed by atoms with Gasteiger partial charge in [-0.25, -0.2) is 4.98 Å². The molecule has 1 unspecified atom stereocenters. The van der Waals surface area contributed by atoms with Gasteiger partial charge in [0.15, 0.2) is 11.5 Å². The number of hydrogen-bond acceptors (Lipinski definition) is 7. The number of nitrogens with one attached hydrogen (secondary N) is 1. The van der Waals surface area contributed by atoms with Crippen LogP contribution >= 0.6 is 22.7 Å². The second-order valence-electron chi connectivity index (χ2n) is 6.34. The van der Waals surface area contributed by atoms with Crippen molar-refractivity contribution >= 4 is 22.7 Å². The lowest BCUT2D eigenvalue weighted by molar-refractivity contribution is 0.174. The molecule has 0 spiro atoms. The van der Waals surface area contributed by atoms with Crippen LogP contribution in [0.3, 0.4) is 0 Å². The van der Waals surface area contributed by atoms with E-state index in [1.54, 1.807) is 22.7 Å². The summed E-state index contributed by atoms with van der Waals surface area (Å²) in [6.45, 7) is 1.95. The van der Waals surface area contributed by atoms with E-state index in [4.69, 9.17) is 14.5 Å². The average Bonchev–Trinajstić information content (AvgIpc) is 3.38. The first-order valence-electron chi connectivity index (χ1n) is 8.45. The fraction of sp³-hybridized carbons (Fsp3) is 0.316. The van der Waals surface area contributed by atoms with Gasteiger partial charge < -0.3 is 19.7 Å². The Kier molecular flexibility index (Phi) is 5.21. The van der Waals surface area contributed by atoms with Gasteiger partial charge >= 0.3 is 0 Å². The molecule has 3 heterocycles. The van der Waals surface area contributed by atoms with Crippen molar-refractivity contribution in [3.05, 3.63) is 51.7 Å². The van der Waals surface area contributed by atoms with Gasteiger partial charge in [0.25, 0.3) is 0 Å². The third kappa shape index (κ3) is 3.76. The highest BCUT2D eigenvalue weighted by Gasteiger charge is 2.16. The first kappa shape index (κ1) is 17.5. The van der Waals surface area contributed by atoms with Crippen molar-refractivity contribution in [1.29, 1.82) is 0 Å². The Hall–Kier alpha value is -1.93. The quantitative estimate of drug-likeness (QED) is 0.664. The molecule has 1 aromatic carbocycles. The molecule has 0 radical (unpaired) electrons. The Morgan fingerprint density at radius 2 is 2.08 bits per heavy atom. The normalized spacial score (nSPS) is 14.1. The monoisotopic (exact) mass is 387 g/mol. The van der Waals surface area contributed by atoms with Gasteiger partial charge in [0.2, 0.25) is 6.79 Å². The maximum atomic E-state index is 5.46. The SMILES string of the molecule is CN(C)C(CNCc1csc(-c2ccc3c(c2)OCO3)n1)c1cccs1. The van der Waals surface area contributed by atoms with Gasteiger partial charge in [0.1, 0.15) is 5.01 Å². The Morgan fingerprint density at radius 1 is 1.19 bits per heavy atom. The van der Waals surface area contributed by atoms with Crippen molar-refractivity contribution in [2.75, 3.05) is 27.4 Å². The number of ether oxygens (including phenoxy) is 2. The van der Waals surface area contributed by atoms with Crippen LogP contribution in [-0.2, 0) is 6.54 Å². The van der Waals surface area contributed by atoms with Crippen molar-refractivity contribution in [3.8, 4) is 22.1 Å². The molecular formula is C19H21N3O2S2. The van der Waals surface area contributed by atoms with Gasteiger partial charge in [-0.2, -0.15) is 0 Å². The molecule has 7 heteroatoms. The minimum Gasteiger partial charge on any atom is -0.454 e. The fourth-order valence-electron chi connectivity index (χ4n) is 2.91. The molecule has 0 amide bonds. The molecule has 0 fully saturated rings. The highest BCUT2D eigenvalue weighted by atomic mass is 32.1. The highest BCUT2D eigenvalue weighted by molar-refractivity contribution is 7.13. The van der Waals surface area contributed by atoms with E-state index in [9.17, 15) is 0 Å². The van der Waals surface area contributed by atoms with Crippen LogP contribution in [0, 0.1) is 0 Å². The molecule has 0 aliphatic carbocycles. The molecule has 1 aliphatic heterocycles. The summed E-state index contributed by atoms with van der Waals surface area (Å²) in [5.41, 5.74) is 2.13. The Morgan fingerprint density at radius 3 is 2.88 bits per heavy atom. The summed E-state index contributed by atoms with van der Waals surface area (Å²) in [5.74, 6) is 1.60. The molecule has 4 rings (SSSR count). The minimum atomic E-state index is 0.295. The standard InChI is InChI=1S/C19H21N3O2S2/c1-22(2)15(18-4-3-7-25-18)10-20-9-14-11-26-19(21-14)13-5-6-16-17(8-13)24-12-23-16/h3-8,11,15,20H,9-10,12H2,1-2H3. The largest absolute Gasteiger partial charge is 0.454 e. The molecule has 0 saturated heterocycles. The lowest BCUT2D eigenvalue weighted by Gasteiger charge is -2.23. The van der Waals surface area contributed by atoms with Crippen molar-refractivity contribution in [3.63, 3.8) is 0 Å². The van der Waals surface area contributed by atoms with Crippen LogP contribution < -0.4 is 14.8 Å². The van der Waals surface area contributed by atoms with Crippen molar-refractivity contribution in [2.24, 2.45) is 0 Å². The summed E-state index contributed by atoms with van der Waals surface area (Å²) in [6.07, 6.45) is 0. The Bertz CT molecular complexity index is 862. The van der Waals surface area contributed by atoms with E-state index in [2.05, 4.69) is 47.2 Å². The molecule has 0 bridgehead atoms. The Balaban J connectivity index is 1.38. The van der Waals surface area contributed by atoms with E-state index < -0.39 is 0 Å². The molecule has 3 aromatic rings. The van der Waals surface area contributed by atoms with Gasteiger partial charge in [-0.05, 0) is 43.7 Å². The van der Waals surface area contributed by atoms with Crippen molar-refractivity contribution < 1.29 is 9.47 Å². The number of aromatic nitrogens is 1. The second-order valence-corrected chi connectivity index (χ2v) is 8.18. The Labute approximate surface area is 161 Å². The van der Waals surface area contributed by atoms with E-state index in [0.29, 0.717) is 12.8 Å². The van der Waals surface area contributed by atoms with Gasteiger partial charge in [-0.15, -0.1) is 22.7 Å². The molecule has 0 saturated carbocycles. The molecule has 1 atom stereocenters.